The Balaban J connectivity index is 1.98. The van der Waals surface area contributed by atoms with Crippen molar-refractivity contribution in [2.24, 2.45) is 0 Å². The van der Waals surface area contributed by atoms with Gasteiger partial charge >= 0.3 is 0 Å². The van der Waals surface area contributed by atoms with Gasteiger partial charge in [0, 0.05) is 26.2 Å². The number of carbonyl (C=O) groups is 1. The molecule has 0 aliphatic carbocycles. The first-order valence-corrected chi connectivity index (χ1v) is 8.60. The zero-order chi connectivity index (χ0) is 15.3. The maximum atomic E-state index is 11.7. The number of anilines is 2. The van der Waals surface area contributed by atoms with Crippen LogP contribution < -0.4 is 9.62 Å². The van der Waals surface area contributed by atoms with Gasteiger partial charge in [-0.15, -0.1) is 0 Å². The molecule has 0 aromatic carbocycles. The second kappa shape index (κ2) is 6.75. The fourth-order valence-electron chi connectivity index (χ4n) is 2.19. The molecule has 0 spiro atoms. The number of sulfonamides is 1. The monoisotopic (exact) mass is 312 g/mol. The van der Waals surface area contributed by atoms with Crippen LogP contribution in [0, 0.1) is 0 Å². The predicted octanol–water partition coefficient (Wildman–Crippen LogP) is 0.512. The number of pyridine rings is 1. The van der Waals surface area contributed by atoms with Gasteiger partial charge in [0.05, 0.1) is 17.6 Å². The summed E-state index contributed by atoms with van der Waals surface area (Å²) < 4.78 is 25.8. The number of aromatic nitrogens is 1. The lowest BCUT2D eigenvalue weighted by Crippen LogP contribution is -2.46. The van der Waals surface area contributed by atoms with E-state index in [0.29, 0.717) is 25.2 Å². The summed E-state index contributed by atoms with van der Waals surface area (Å²) >= 11 is 0. The van der Waals surface area contributed by atoms with E-state index in [9.17, 15) is 13.2 Å². The van der Waals surface area contributed by atoms with Gasteiger partial charge in [-0.25, -0.2) is 13.4 Å². The summed E-state index contributed by atoms with van der Waals surface area (Å²) in [6, 6.07) is 3.50. The van der Waals surface area contributed by atoms with Crippen molar-refractivity contribution in [3.8, 4) is 0 Å². The van der Waals surface area contributed by atoms with Gasteiger partial charge in [0.1, 0.15) is 5.82 Å². The Labute approximate surface area is 125 Å². The molecular weight excluding hydrogens is 292 g/mol. The molecule has 2 rings (SSSR count). The Kier molecular flexibility index (Phi) is 5.00. The highest BCUT2D eigenvalue weighted by Gasteiger charge is 2.16. The van der Waals surface area contributed by atoms with Crippen LogP contribution in [0.25, 0.3) is 0 Å². The summed E-state index contributed by atoms with van der Waals surface area (Å²) in [5, 5.41) is 0. The van der Waals surface area contributed by atoms with Gasteiger partial charge < -0.3 is 9.80 Å². The minimum absolute atomic E-state index is 0.0996. The Morgan fingerprint density at radius 3 is 2.52 bits per heavy atom. The van der Waals surface area contributed by atoms with Crippen molar-refractivity contribution in [3.63, 3.8) is 0 Å². The van der Waals surface area contributed by atoms with E-state index in [-0.39, 0.29) is 5.75 Å². The zero-order valence-electron chi connectivity index (χ0n) is 12.0. The molecule has 0 saturated carbocycles. The quantitative estimate of drug-likeness (QED) is 0.774. The standard InChI is InChI=1S/C13H20N4O3S/c1-2-9-21(19,20)15-12-3-4-13(14-10-12)17-7-5-16(11-18)6-8-17/h3-4,10-11,15H,2,5-9H2,1H3. The van der Waals surface area contributed by atoms with Crippen molar-refractivity contribution in [1.29, 1.82) is 0 Å². The molecule has 0 bridgehead atoms. The summed E-state index contributed by atoms with van der Waals surface area (Å²) in [5.74, 6) is 0.890. The van der Waals surface area contributed by atoms with Crippen molar-refractivity contribution >= 4 is 27.9 Å². The predicted molar refractivity (Wildman–Crippen MR) is 81.8 cm³/mol. The lowest BCUT2D eigenvalue weighted by Gasteiger charge is -2.33. The van der Waals surface area contributed by atoms with Crippen LogP contribution in [0.2, 0.25) is 0 Å². The number of amides is 1. The second-order valence-electron chi connectivity index (χ2n) is 4.95. The molecule has 1 fully saturated rings. The van der Waals surface area contributed by atoms with E-state index in [1.54, 1.807) is 17.0 Å². The fraction of sp³-hybridized carbons (Fsp3) is 0.538. The van der Waals surface area contributed by atoms with Crippen LogP contribution in [0.1, 0.15) is 13.3 Å². The number of hydrogen-bond donors (Lipinski definition) is 1. The number of nitrogens with one attached hydrogen (secondary N) is 1. The van der Waals surface area contributed by atoms with Crippen LogP contribution in [-0.2, 0) is 14.8 Å². The van der Waals surface area contributed by atoms with Crippen molar-refractivity contribution < 1.29 is 13.2 Å². The van der Waals surface area contributed by atoms with E-state index in [2.05, 4.69) is 14.6 Å². The number of carbonyl (C=O) groups excluding carboxylic acids is 1. The van der Waals surface area contributed by atoms with Gasteiger partial charge in [-0.1, -0.05) is 6.92 Å². The highest BCUT2D eigenvalue weighted by molar-refractivity contribution is 7.92. The zero-order valence-corrected chi connectivity index (χ0v) is 12.8. The average Bonchev–Trinajstić information content (AvgIpc) is 2.48. The normalized spacial score (nSPS) is 15.9. The van der Waals surface area contributed by atoms with Crippen molar-refractivity contribution in [2.45, 2.75) is 13.3 Å². The molecule has 1 aliphatic heterocycles. The van der Waals surface area contributed by atoms with Crippen LogP contribution in [0.3, 0.4) is 0 Å². The third-order valence-electron chi connectivity index (χ3n) is 3.28. The minimum Gasteiger partial charge on any atom is -0.353 e. The molecular formula is C13H20N4O3S. The van der Waals surface area contributed by atoms with Gasteiger partial charge in [-0.05, 0) is 18.6 Å². The Morgan fingerprint density at radius 2 is 2.00 bits per heavy atom. The Hall–Kier alpha value is -1.83. The molecule has 0 unspecified atom stereocenters. The van der Waals surface area contributed by atoms with E-state index < -0.39 is 10.0 Å². The SMILES string of the molecule is CCCS(=O)(=O)Nc1ccc(N2CCN(C=O)CC2)nc1. The molecule has 1 saturated heterocycles. The maximum absolute atomic E-state index is 11.7. The lowest BCUT2D eigenvalue weighted by molar-refractivity contribution is -0.118. The summed E-state index contributed by atoms with van der Waals surface area (Å²) in [4.78, 5) is 18.7. The van der Waals surface area contributed by atoms with Gasteiger partial charge in [-0.3, -0.25) is 9.52 Å². The minimum atomic E-state index is -3.28. The topological polar surface area (TPSA) is 82.6 Å². The highest BCUT2D eigenvalue weighted by atomic mass is 32.2. The molecule has 7 nitrogen and oxygen atoms in total. The van der Waals surface area contributed by atoms with Crippen molar-refractivity contribution in [1.82, 2.24) is 9.88 Å². The molecule has 2 heterocycles. The average molecular weight is 312 g/mol. The second-order valence-corrected chi connectivity index (χ2v) is 6.80. The smallest absolute Gasteiger partial charge is 0.232 e. The van der Waals surface area contributed by atoms with Gasteiger partial charge in [0.25, 0.3) is 0 Å². The molecule has 1 aromatic rings. The molecule has 1 amide bonds. The summed E-state index contributed by atoms with van der Waals surface area (Å²) in [5.41, 5.74) is 0.471. The van der Waals surface area contributed by atoms with Crippen molar-refractivity contribution in [2.75, 3.05) is 41.6 Å². The number of rotatable bonds is 6. The first kappa shape index (κ1) is 15.6. The number of hydrogen-bond acceptors (Lipinski definition) is 5. The van der Waals surface area contributed by atoms with E-state index in [4.69, 9.17) is 0 Å². The maximum Gasteiger partial charge on any atom is 0.232 e. The third kappa shape index (κ3) is 4.32. The summed E-state index contributed by atoms with van der Waals surface area (Å²) in [6.45, 7) is 4.63. The molecule has 1 N–H and O–H groups in total. The molecule has 116 valence electrons. The summed E-state index contributed by atoms with van der Waals surface area (Å²) in [6.07, 6.45) is 2.95. The number of piperazine rings is 1. The van der Waals surface area contributed by atoms with E-state index >= 15 is 0 Å². The van der Waals surface area contributed by atoms with E-state index in [0.717, 1.165) is 25.3 Å². The Morgan fingerprint density at radius 1 is 1.29 bits per heavy atom. The molecule has 21 heavy (non-hydrogen) atoms. The van der Waals surface area contributed by atoms with Gasteiger partial charge in [0.15, 0.2) is 0 Å². The summed E-state index contributed by atoms with van der Waals surface area (Å²) in [7, 11) is -3.28. The van der Waals surface area contributed by atoms with Crippen LogP contribution in [-0.4, -0.2) is 56.6 Å². The molecule has 0 atom stereocenters. The Bertz CT molecular complexity index is 566. The van der Waals surface area contributed by atoms with Crippen molar-refractivity contribution in [3.05, 3.63) is 18.3 Å². The van der Waals surface area contributed by atoms with E-state index in [1.807, 2.05) is 6.92 Å². The van der Waals surface area contributed by atoms with Crippen LogP contribution >= 0.6 is 0 Å². The number of nitrogens with zero attached hydrogens (tertiary/aromatic N) is 3. The fourth-order valence-corrected chi connectivity index (χ4v) is 3.31. The van der Waals surface area contributed by atoms with Crippen LogP contribution in [0.4, 0.5) is 11.5 Å². The third-order valence-corrected chi connectivity index (χ3v) is 4.77. The van der Waals surface area contributed by atoms with Crippen LogP contribution in [0.15, 0.2) is 18.3 Å². The van der Waals surface area contributed by atoms with E-state index in [1.165, 1.54) is 6.20 Å². The largest absolute Gasteiger partial charge is 0.353 e. The van der Waals surface area contributed by atoms with Gasteiger partial charge in [0.2, 0.25) is 16.4 Å². The van der Waals surface area contributed by atoms with Crippen LogP contribution in [0.5, 0.6) is 0 Å². The lowest BCUT2D eigenvalue weighted by atomic mass is 10.3. The van der Waals surface area contributed by atoms with Gasteiger partial charge in [-0.2, -0.15) is 0 Å². The molecule has 8 heteroatoms. The molecule has 1 aromatic heterocycles. The molecule has 0 radical (unpaired) electrons. The first-order valence-electron chi connectivity index (χ1n) is 6.95. The highest BCUT2D eigenvalue weighted by Crippen LogP contribution is 2.16. The molecule has 1 aliphatic rings. The first-order chi connectivity index (χ1) is 10.0.